The third kappa shape index (κ3) is 4.05. The molecule has 19 heavy (non-hydrogen) atoms. The van der Waals surface area contributed by atoms with Gasteiger partial charge in [0.2, 0.25) is 0 Å². The molecule has 1 heterocycles. The summed E-state index contributed by atoms with van der Waals surface area (Å²) in [7, 11) is 0. The van der Waals surface area contributed by atoms with Crippen molar-refractivity contribution in [2.75, 3.05) is 19.6 Å². The first-order valence-electron chi connectivity index (χ1n) is 7.73. The van der Waals surface area contributed by atoms with Crippen LogP contribution in [0.2, 0.25) is 0 Å². The monoisotopic (exact) mass is 260 g/mol. The Labute approximate surface area is 118 Å². The van der Waals surface area contributed by atoms with Gasteiger partial charge < -0.3 is 5.32 Å². The van der Waals surface area contributed by atoms with Gasteiger partial charge in [-0.3, -0.25) is 4.90 Å². The molecule has 0 aliphatic carbocycles. The molecule has 0 aromatic heterocycles. The van der Waals surface area contributed by atoms with Gasteiger partial charge in [-0.1, -0.05) is 51.1 Å². The highest BCUT2D eigenvalue weighted by atomic mass is 15.2. The summed E-state index contributed by atoms with van der Waals surface area (Å²) in [6.45, 7) is 10.4. The van der Waals surface area contributed by atoms with E-state index >= 15 is 0 Å². The zero-order valence-electron chi connectivity index (χ0n) is 12.6. The van der Waals surface area contributed by atoms with Gasteiger partial charge in [0.15, 0.2) is 0 Å². The van der Waals surface area contributed by atoms with Crippen molar-refractivity contribution in [1.29, 1.82) is 0 Å². The van der Waals surface area contributed by atoms with Crippen LogP contribution in [-0.4, -0.2) is 30.6 Å². The van der Waals surface area contributed by atoms with E-state index in [1.54, 1.807) is 0 Å². The number of hydrogen-bond donors (Lipinski definition) is 1. The highest BCUT2D eigenvalue weighted by Crippen LogP contribution is 2.23. The van der Waals surface area contributed by atoms with E-state index in [0.717, 1.165) is 19.0 Å². The predicted molar refractivity (Wildman–Crippen MR) is 82.3 cm³/mol. The van der Waals surface area contributed by atoms with Crippen LogP contribution >= 0.6 is 0 Å². The van der Waals surface area contributed by atoms with Crippen LogP contribution in [-0.2, 0) is 0 Å². The topological polar surface area (TPSA) is 15.3 Å². The van der Waals surface area contributed by atoms with Crippen molar-refractivity contribution in [2.45, 2.75) is 45.7 Å². The van der Waals surface area contributed by atoms with Crippen molar-refractivity contribution in [3.8, 4) is 0 Å². The highest BCUT2D eigenvalue weighted by molar-refractivity contribution is 5.20. The second-order valence-electron chi connectivity index (χ2n) is 6.15. The van der Waals surface area contributed by atoms with Gasteiger partial charge in [-0.2, -0.15) is 0 Å². The van der Waals surface area contributed by atoms with Crippen LogP contribution in [0, 0.1) is 5.92 Å². The lowest BCUT2D eigenvalue weighted by Crippen LogP contribution is -2.53. The molecule has 1 aliphatic heterocycles. The van der Waals surface area contributed by atoms with Crippen LogP contribution in [0.5, 0.6) is 0 Å². The Balaban J connectivity index is 2.01. The molecule has 0 saturated carbocycles. The fraction of sp³-hybridized carbons (Fsp3) is 0.647. The van der Waals surface area contributed by atoms with Crippen LogP contribution < -0.4 is 5.32 Å². The van der Waals surface area contributed by atoms with Crippen molar-refractivity contribution >= 4 is 0 Å². The highest BCUT2D eigenvalue weighted by Gasteiger charge is 2.28. The molecule has 2 atom stereocenters. The third-order valence-electron chi connectivity index (χ3n) is 3.99. The summed E-state index contributed by atoms with van der Waals surface area (Å²) in [5.41, 5.74) is 1.42. The molecule has 0 bridgehead atoms. The Morgan fingerprint density at radius 1 is 1.26 bits per heavy atom. The number of hydrogen-bond acceptors (Lipinski definition) is 2. The quantitative estimate of drug-likeness (QED) is 0.872. The molecule has 1 N–H and O–H groups in total. The molecule has 2 nitrogen and oxygen atoms in total. The van der Waals surface area contributed by atoms with E-state index in [2.05, 4.69) is 61.3 Å². The minimum Gasteiger partial charge on any atom is -0.307 e. The van der Waals surface area contributed by atoms with Crippen molar-refractivity contribution in [2.24, 2.45) is 5.92 Å². The van der Waals surface area contributed by atoms with E-state index in [0.29, 0.717) is 12.1 Å². The molecule has 0 radical (unpaired) electrons. The van der Waals surface area contributed by atoms with E-state index in [-0.39, 0.29) is 0 Å². The molecule has 2 unspecified atom stereocenters. The van der Waals surface area contributed by atoms with Gasteiger partial charge >= 0.3 is 0 Å². The summed E-state index contributed by atoms with van der Waals surface area (Å²) < 4.78 is 0. The lowest BCUT2D eigenvalue weighted by Gasteiger charge is -2.41. The van der Waals surface area contributed by atoms with Crippen LogP contribution in [0.1, 0.15) is 45.2 Å². The molecular formula is C17H28N2. The van der Waals surface area contributed by atoms with Crippen LogP contribution in [0.15, 0.2) is 30.3 Å². The minimum absolute atomic E-state index is 0.496. The molecule has 2 heteroatoms. The summed E-state index contributed by atoms with van der Waals surface area (Å²) in [4.78, 5) is 2.69. The van der Waals surface area contributed by atoms with E-state index in [9.17, 15) is 0 Å². The molecule has 1 saturated heterocycles. The van der Waals surface area contributed by atoms with Gasteiger partial charge in [-0.05, 0) is 30.9 Å². The smallest absolute Gasteiger partial charge is 0.0449 e. The maximum Gasteiger partial charge on any atom is 0.0449 e. The Morgan fingerprint density at radius 2 is 2.00 bits per heavy atom. The van der Waals surface area contributed by atoms with Gasteiger partial charge in [-0.15, -0.1) is 0 Å². The second-order valence-corrected chi connectivity index (χ2v) is 6.15. The molecular weight excluding hydrogens is 232 g/mol. The Hall–Kier alpha value is -0.860. The van der Waals surface area contributed by atoms with Gasteiger partial charge in [0, 0.05) is 25.2 Å². The predicted octanol–water partition coefficient (Wildman–Crippen LogP) is 3.46. The average molecular weight is 260 g/mol. The number of nitrogens with zero attached hydrogens (tertiary/aromatic N) is 1. The van der Waals surface area contributed by atoms with Gasteiger partial charge in [0.1, 0.15) is 0 Å². The first-order chi connectivity index (χ1) is 9.20. The zero-order valence-corrected chi connectivity index (χ0v) is 12.6. The summed E-state index contributed by atoms with van der Waals surface area (Å²) >= 11 is 0. The number of nitrogens with one attached hydrogen (secondary N) is 1. The first-order valence-corrected chi connectivity index (χ1v) is 7.73. The molecule has 1 fully saturated rings. The lowest BCUT2D eigenvalue weighted by atomic mass is 9.96. The zero-order chi connectivity index (χ0) is 13.7. The van der Waals surface area contributed by atoms with Gasteiger partial charge in [0.05, 0.1) is 0 Å². The maximum absolute atomic E-state index is 3.74. The second kappa shape index (κ2) is 7.06. The average Bonchev–Trinajstić information content (AvgIpc) is 2.41. The van der Waals surface area contributed by atoms with Crippen LogP contribution in [0.3, 0.4) is 0 Å². The molecule has 0 amide bonds. The minimum atomic E-state index is 0.496. The van der Waals surface area contributed by atoms with Crippen molar-refractivity contribution in [3.63, 3.8) is 0 Å². The van der Waals surface area contributed by atoms with Crippen LogP contribution in [0.4, 0.5) is 0 Å². The normalized spacial score (nSPS) is 24.8. The largest absolute Gasteiger partial charge is 0.307 e. The molecule has 0 spiro atoms. The Morgan fingerprint density at radius 3 is 2.63 bits per heavy atom. The van der Waals surface area contributed by atoms with Crippen molar-refractivity contribution in [1.82, 2.24) is 10.2 Å². The van der Waals surface area contributed by atoms with Gasteiger partial charge in [-0.25, -0.2) is 0 Å². The van der Waals surface area contributed by atoms with Gasteiger partial charge in [0.25, 0.3) is 0 Å². The Bertz CT molecular complexity index is 361. The van der Waals surface area contributed by atoms with E-state index < -0.39 is 0 Å². The molecule has 1 aliphatic rings. The van der Waals surface area contributed by atoms with Crippen molar-refractivity contribution < 1.29 is 0 Å². The number of benzene rings is 1. The first kappa shape index (κ1) is 14.5. The summed E-state index contributed by atoms with van der Waals surface area (Å²) in [6.07, 6.45) is 2.55. The lowest BCUT2D eigenvalue weighted by molar-refractivity contribution is 0.114. The molecule has 1 aromatic carbocycles. The summed E-state index contributed by atoms with van der Waals surface area (Å²) in [5, 5.41) is 3.74. The van der Waals surface area contributed by atoms with E-state index in [1.165, 1.54) is 24.9 Å². The Kier molecular flexibility index (Phi) is 5.41. The molecule has 1 aromatic rings. The molecule has 2 rings (SSSR count). The number of rotatable bonds is 5. The maximum atomic E-state index is 3.74. The summed E-state index contributed by atoms with van der Waals surface area (Å²) in [5.74, 6) is 0.777. The standard InChI is InChI=1S/C17H28N2/c1-4-10-19-13-17(15-8-6-5-7-9-15)18-12-16(19)11-14(2)3/h5-9,14,16-18H,4,10-13H2,1-3H3. The SMILES string of the molecule is CCCN1CC(c2ccccc2)NCC1CC(C)C. The number of piperazine rings is 1. The van der Waals surface area contributed by atoms with E-state index in [4.69, 9.17) is 0 Å². The third-order valence-corrected chi connectivity index (χ3v) is 3.99. The summed E-state index contributed by atoms with van der Waals surface area (Å²) in [6, 6.07) is 12.1. The molecule has 106 valence electrons. The fourth-order valence-electron chi connectivity index (χ4n) is 3.10. The van der Waals surface area contributed by atoms with Crippen molar-refractivity contribution in [3.05, 3.63) is 35.9 Å². The van der Waals surface area contributed by atoms with E-state index in [1.807, 2.05) is 0 Å². The van der Waals surface area contributed by atoms with Crippen LogP contribution in [0.25, 0.3) is 0 Å². The fourth-order valence-corrected chi connectivity index (χ4v) is 3.10.